The molecule has 4 heterocycles. The van der Waals surface area contributed by atoms with Crippen molar-refractivity contribution >= 4 is 46.3 Å². The van der Waals surface area contributed by atoms with Gasteiger partial charge in [-0.05, 0) is 49.4 Å². The number of aryl methyl sites for hydroxylation is 1. The van der Waals surface area contributed by atoms with E-state index in [4.69, 9.17) is 16.0 Å². The van der Waals surface area contributed by atoms with E-state index in [-0.39, 0.29) is 5.91 Å². The molecule has 0 unspecified atom stereocenters. The van der Waals surface area contributed by atoms with Crippen LogP contribution in [0.1, 0.15) is 21.1 Å². The number of thioether (sulfide) groups is 1. The summed E-state index contributed by atoms with van der Waals surface area (Å²) >= 11 is 9.17. The van der Waals surface area contributed by atoms with Crippen molar-refractivity contribution in [3.05, 3.63) is 93.6 Å². The zero-order valence-electron chi connectivity index (χ0n) is 21.2. The molecule has 1 fully saturated rings. The molecule has 3 aromatic heterocycles. The first-order valence-corrected chi connectivity index (χ1v) is 14.7. The van der Waals surface area contributed by atoms with Gasteiger partial charge < -0.3 is 14.2 Å². The van der Waals surface area contributed by atoms with Gasteiger partial charge in [0.15, 0.2) is 10.9 Å². The number of carbonyl (C=O) groups excluding carboxylic acids is 1. The Hall–Kier alpha value is -3.60. The van der Waals surface area contributed by atoms with E-state index >= 15 is 0 Å². The van der Waals surface area contributed by atoms with E-state index in [0.717, 1.165) is 34.6 Å². The highest BCUT2D eigenvalue weighted by atomic mass is 35.5. The number of thiazole rings is 1. The maximum atomic E-state index is 13.2. The summed E-state index contributed by atoms with van der Waals surface area (Å²) in [5, 5.41) is 13.0. The van der Waals surface area contributed by atoms with Gasteiger partial charge in [0, 0.05) is 48.0 Å². The van der Waals surface area contributed by atoms with E-state index in [2.05, 4.69) is 39.1 Å². The van der Waals surface area contributed by atoms with Crippen LogP contribution >= 0.6 is 34.7 Å². The van der Waals surface area contributed by atoms with Gasteiger partial charge in [-0.2, -0.15) is 0 Å². The molecule has 39 heavy (non-hydrogen) atoms. The zero-order chi connectivity index (χ0) is 26.8. The maximum Gasteiger partial charge on any atom is 0.273 e. The van der Waals surface area contributed by atoms with E-state index in [0.29, 0.717) is 41.1 Å². The summed E-state index contributed by atoms with van der Waals surface area (Å²) in [6.45, 7) is 4.85. The molecule has 5 aromatic rings. The van der Waals surface area contributed by atoms with E-state index in [9.17, 15) is 4.79 Å². The predicted molar refractivity (Wildman–Crippen MR) is 155 cm³/mol. The summed E-state index contributed by atoms with van der Waals surface area (Å²) < 4.78 is 7.60. The van der Waals surface area contributed by atoms with Gasteiger partial charge in [-0.25, -0.2) is 4.98 Å². The largest absolute Gasteiger partial charge is 0.461 e. The van der Waals surface area contributed by atoms with Gasteiger partial charge in [0.1, 0.15) is 10.7 Å². The monoisotopic (exact) mass is 576 g/mol. The summed E-state index contributed by atoms with van der Waals surface area (Å²) in [6, 6.07) is 19.7. The van der Waals surface area contributed by atoms with Crippen LogP contribution in [-0.2, 0) is 5.75 Å². The van der Waals surface area contributed by atoms with Gasteiger partial charge in [0.25, 0.3) is 5.91 Å². The Morgan fingerprint density at radius 2 is 1.85 bits per heavy atom. The first-order chi connectivity index (χ1) is 19.0. The molecule has 0 aliphatic carbocycles. The average molecular weight is 577 g/mol. The first kappa shape index (κ1) is 25.7. The van der Waals surface area contributed by atoms with Gasteiger partial charge in [-0.1, -0.05) is 47.1 Å². The smallest absolute Gasteiger partial charge is 0.273 e. The predicted octanol–water partition coefficient (Wildman–Crippen LogP) is 6.20. The van der Waals surface area contributed by atoms with Crippen molar-refractivity contribution in [3.63, 3.8) is 0 Å². The van der Waals surface area contributed by atoms with Crippen LogP contribution in [0.25, 0.3) is 17.3 Å². The Morgan fingerprint density at radius 3 is 2.59 bits per heavy atom. The van der Waals surface area contributed by atoms with Crippen LogP contribution in [0.3, 0.4) is 0 Å². The van der Waals surface area contributed by atoms with Crippen LogP contribution in [0.4, 0.5) is 5.69 Å². The quantitative estimate of drug-likeness (QED) is 0.213. The fraction of sp³-hybridized carbons (Fsp3) is 0.214. The van der Waals surface area contributed by atoms with Crippen LogP contribution < -0.4 is 4.90 Å². The normalized spacial score (nSPS) is 13.7. The molecule has 0 bridgehead atoms. The molecule has 1 aliphatic rings. The van der Waals surface area contributed by atoms with Crippen LogP contribution in [0, 0.1) is 6.92 Å². The van der Waals surface area contributed by atoms with Crippen molar-refractivity contribution in [1.29, 1.82) is 0 Å². The Balaban J connectivity index is 1.13. The summed E-state index contributed by atoms with van der Waals surface area (Å²) in [4.78, 5) is 22.0. The third-order valence-corrected chi connectivity index (χ3v) is 8.71. The van der Waals surface area contributed by atoms with Gasteiger partial charge in [0.2, 0.25) is 5.82 Å². The highest BCUT2D eigenvalue weighted by molar-refractivity contribution is 7.98. The van der Waals surface area contributed by atoms with Gasteiger partial charge >= 0.3 is 0 Å². The Bertz CT molecular complexity index is 1570. The number of nitrogens with zero attached hydrogens (tertiary/aromatic N) is 6. The number of aromatic nitrogens is 4. The highest BCUT2D eigenvalue weighted by Crippen LogP contribution is 2.31. The molecule has 1 aliphatic heterocycles. The molecule has 2 aromatic carbocycles. The summed E-state index contributed by atoms with van der Waals surface area (Å²) in [5.41, 5.74) is 3.69. The fourth-order valence-corrected chi connectivity index (χ4v) is 6.38. The van der Waals surface area contributed by atoms with Crippen LogP contribution in [0.2, 0.25) is 5.02 Å². The number of piperazine rings is 1. The summed E-state index contributed by atoms with van der Waals surface area (Å²) in [5.74, 6) is 1.82. The lowest BCUT2D eigenvalue weighted by molar-refractivity contribution is 0.0741. The molecular formula is C28H25ClN6O2S2. The zero-order valence-corrected chi connectivity index (χ0v) is 23.5. The number of hydrogen-bond donors (Lipinski definition) is 0. The Labute approximate surface area is 239 Å². The number of amides is 1. The van der Waals surface area contributed by atoms with Crippen molar-refractivity contribution < 1.29 is 9.21 Å². The van der Waals surface area contributed by atoms with Crippen LogP contribution in [0.5, 0.6) is 0 Å². The van der Waals surface area contributed by atoms with Crippen molar-refractivity contribution in [2.75, 3.05) is 31.1 Å². The van der Waals surface area contributed by atoms with Gasteiger partial charge in [-0.3, -0.25) is 9.36 Å². The number of anilines is 1. The Kier molecular flexibility index (Phi) is 7.40. The van der Waals surface area contributed by atoms with Gasteiger partial charge in [0.05, 0.1) is 12.0 Å². The summed E-state index contributed by atoms with van der Waals surface area (Å²) in [7, 11) is 0. The minimum atomic E-state index is -0.0313. The van der Waals surface area contributed by atoms with Crippen LogP contribution in [-0.4, -0.2) is 56.7 Å². The number of benzene rings is 2. The molecule has 6 rings (SSSR count). The number of rotatable bonds is 7. The maximum absolute atomic E-state index is 13.2. The molecule has 1 amide bonds. The topological polar surface area (TPSA) is 80.3 Å². The number of hydrogen-bond acceptors (Lipinski definition) is 8. The lowest BCUT2D eigenvalue weighted by Gasteiger charge is -2.35. The third kappa shape index (κ3) is 5.59. The number of furan rings is 1. The molecule has 0 saturated carbocycles. The van der Waals surface area contributed by atoms with Crippen molar-refractivity contribution in [2.45, 2.75) is 17.8 Å². The second kappa shape index (κ2) is 11.3. The Morgan fingerprint density at radius 1 is 1.03 bits per heavy atom. The van der Waals surface area contributed by atoms with E-state index < -0.39 is 0 Å². The highest BCUT2D eigenvalue weighted by Gasteiger charge is 2.25. The molecule has 198 valence electrons. The third-order valence-electron chi connectivity index (χ3n) is 6.50. The SMILES string of the molecule is Cc1ccc(-n2c(SCc3nc(C(=O)N4CCN(c5cccc(Cl)c5)CC4)cs3)nnc2-c2ccco2)cc1. The minimum absolute atomic E-state index is 0.0313. The fourth-order valence-electron chi connectivity index (χ4n) is 4.46. The van der Waals surface area contributed by atoms with Crippen molar-refractivity contribution in [2.24, 2.45) is 0 Å². The standard InChI is InChI=1S/C28H25ClN6O2S2/c1-19-7-9-21(10-8-19)35-26(24-6-3-15-37-24)31-32-28(35)39-18-25-30-23(17-38-25)27(36)34-13-11-33(12-14-34)22-5-2-4-20(29)16-22/h2-10,15-17H,11-14,18H2,1H3. The van der Waals surface area contributed by atoms with E-state index in [1.807, 2.05) is 63.4 Å². The van der Waals surface area contributed by atoms with Crippen molar-refractivity contribution in [3.8, 4) is 17.3 Å². The van der Waals surface area contributed by atoms with Crippen LogP contribution in [0.15, 0.2) is 81.9 Å². The lowest BCUT2D eigenvalue weighted by Crippen LogP contribution is -2.48. The van der Waals surface area contributed by atoms with E-state index in [1.54, 1.807) is 6.26 Å². The molecule has 0 N–H and O–H groups in total. The second-order valence-corrected chi connectivity index (χ2v) is 11.5. The van der Waals surface area contributed by atoms with E-state index in [1.165, 1.54) is 28.7 Å². The number of halogens is 1. The van der Waals surface area contributed by atoms with Gasteiger partial charge in [-0.15, -0.1) is 21.5 Å². The second-order valence-electron chi connectivity index (χ2n) is 9.13. The molecule has 0 atom stereocenters. The molecule has 11 heteroatoms. The molecule has 0 radical (unpaired) electrons. The lowest BCUT2D eigenvalue weighted by atomic mass is 10.2. The molecule has 0 spiro atoms. The summed E-state index contributed by atoms with van der Waals surface area (Å²) in [6.07, 6.45) is 1.63. The average Bonchev–Trinajstić information content (AvgIpc) is 3.73. The molecule has 1 saturated heterocycles. The number of carbonyl (C=O) groups is 1. The van der Waals surface area contributed by atoms with Crippen molar-refractivity contribution in [1.82, 2.24) is 24.6 Å². The minimum Gasteiger partial charge on any atom is -0.461 e. The molecular weight excluding hydrogens is 552 g/mol. The molecule has 8 nitrogen and oxygen atoms in total. The first-order valence-electron chi connectivity index (χ1n) is 12.5.